The summed E-state index contributed by atoms with van der Waals surface area (Å²) in [5, 5.41) is 3.13. The van der Waals surface area contributed by atoms with Gasteiger partial charge in [-0.25, -0.2) is 0 Å². The van der Waals surface area contributed by atoms with Gasteiger partial charge in [-0.2, -0.15) is 0 Å². The number of hydrogen-bond acceptors (Lipinski definition) is 4. The lowest BCUT2D eigenvalue weighted by Crippen LogP contribution is -2.52. The Labute approximate surface area is 172 Å². The molecule has 29 heavy (non-hydrogen) atoms. The minimum Gasteiger partial charge on any atom is -0.497 e. The van der Waals surface area contributed by atoms with Crippen molar-refractivity contribution >= 4 is 11.8 Å². The zero-order valence-electron chi connectivity index (χ0n) is 17.3. The third kappa shape index (κ3) is 3.61. The van der Waals surface area contributed by atoms with E-state index in [1.165, 1.54) is 12.8 Å². The molecule has 1 aromatic carbocycles. The summed E-state index contributed by atoms with van der Waals surface area (Å²) in [5.41, 5.74) is 1.31. The van der Waals surface area contributed by atoms with Crippen molar-refractivity contribution in [2.75, 3.05) is 14.2 Å². The van der Waals surface area contributed by atoms with Crippen LogP contribution in [0.15, 0.2) is 30.0 Å². The van der Waals surface area contributed by atoms with E-state index in [1.54, 1.807) is 14.2 Å². The molecule has 1 atom stereocenters. The van der Waals surface area contributed by atoms with Crippen molar-refractivity contribution in [2.45, 2.75) is 64.0 Å². The van der Waals surface area contributed by atoms with E-state index in [4.69, 9.17) is 9.47 Å². The van der Waals surface area contributed by atoms with Crippen LogP contribution in [0.3, 0.4) is 0 Å². The third-order valence-electron chi connectivity index (χ3n) is 6.68. The standard InChI is InChI=1S/C23H30N2O4/c1-28-18-12-16(13-19(14-18)29-2)15-24-22(27)23-10-5-8-20(23)25(21(26)9-11-23)17-6-3-4-7-17/h8,12-14,17H,3-7,9-11,15H2,1-2H3,(H,24,27). The van der Waals surface area contributed by atoms with Gasteiger partial charge in [-0.05, 0) is 49.8 Å². The molecular weight excluding hydrogens is 368 g/mol. The first-order chi connectivity index (χ1) is 14.1. The Bertz CT molecular complexity index is 806. The molecule has 0 aromatic heterocycles. The van der Waals surface area contributed by atoms with E-state index in [2.05, 4.69) is 11.4 Å². The second kappa shape index (κ2) is 8.09. The van der Waals surface area contributed by atoms with Gasteiger partial charge in [0.05, 0.1) is 19.6 Å². The fourth-order valence-corrected chi connectivity index (χ4v) is 5.16. The maximum atomic E-state index is 13.4. The van der Waals surface area contributed by atoms with Crippen LogP contribution in [0.5, 0.6) is 11.5 Å². The number of likely N-dealkylation sites (tertiary alicyclic amines) is 1. The van der Waals surface area contributed by atoms with Gasteiger partial charge in [-0.3, -0.25) is 9.59 Å². The highest BCUT2D eigenvalue weighted by atomic mass is 16.5. The number of ether oxygens (including phenoxy) is 2. The summed E-state index contributed by atoms with van der Waals surface area (Å²) < 4.78 is 10.7. The Kier molecular flexibility index (Phi) is 5.52. The van der Waals surface area contributed by atoms with Crippen LogP contribution in [-0.4, -0.2) is 37.0 Å². The molecule has 0 radical (unpaired) electrons. The summed E-state index contributed by atoms with van der Waals surface area (Å²) in [6.45, 7) is 0.402. The minimum absolute atomic E-state index is 0.0264. The number of carbonyl (C=O) groups is 2. The van der Waals surface area contributed by atoms with Crippen molar-refractivity contribution in [3.8, 4) is 11.5 Å². The Morgan fingerprint density at radius 2 is 1.83 bits per heavy atom. The van der Waals surface area contributed by atoms with Gasteiger partial charge < -0.3 is 19.7 Å². The van der Waals surface area contributed by atoms with E-state index >= 15 is 0 Å². The number of rotatable bonds is 6. The fraction of sp³-hybridized carbons (Fsp3) is 0.565. The molecule has 3 aliphatic rings. The van der Waals surface area contributed by atoms with Crippen molar-refractivity contribution in [1.82, 2.24) is 10.2 Å². The predicted molar refractivity (Wildman–Crippen MR) is 109 cm³/mol. The summed E-state index contributed by atoms with van der Waals surface area (Å²) in [6.07, 6.45) is 9.25. The van der Waals surface area contributed by atoms with E-state index < -0.39 is 5.41 Å². The molecule has 2 aliphatic carbocycles. The number of benzene rings is 1. The van der Waals surface area contributed by atoms with Gasteiger partial charge in [0.25, 0.3) is 0 Å². The molecule has 156 valence electrons. The zero-order chi connectivity index (χ0) is 20.4. The monoisotopic (exact) mass is 398 g/mol. The first-order valence-corrected chi connectivity index (χ1v) is 10.6. The number of carbonyl (C=O) groups excluding carboxylic acids is 2. The van der Waals surface area contributed by atoms with Gasteiger partial charge in [0.15, 0.2) is 0 Å². The largest absolute Gasteiger partial charge is 0.497 e. The van der Waals surface area contributed by atoms with Crippen LogP contribution in [0.1, 0.15) is 56.9 Å². The van der Waals surface area contributed by atoms with Gasteiger partial charge in [0.2, 0.25) is 11.8 Å². The molecule has 4 rings (SSSR count). The van der Waals surface area contributed by atoms with Gasteiger partial charge in [0, 0.05) is 30.8 Å². The molecule has 1 unspecified atom stereocenters. The maximum Gasteiger partial charge on any atom is 0.232 e. The van der Waals surface area contributed by atoms with Crippen LogP contribution in [0, 0.1) is 5.41 Å². The van der Waals surface area contributed by atoms with Crippen molar-refractivity contribution < 1.29 is 19.1 Å². The Balaban J connectivity index is 1.52. The summed E-state index contributed by atoms with van der Waals surface area (Å²) >= 11 is 0. The van der Waals surface area contributed by atoms with Gasteiger partial charge >= 0.3 is 0 Å². The fourth-order valence-electron chi connectivity index (χ4n) is 5.16. The average molecular weight is 399 g/mol. The molecular formula is C23H30N2O4. The normalized spacial score (nSPS) is 24.3. The lowest BCUT2D eigenvalue weighted by molar-refractivity contribution is -0.141. The maximum absolute atomic E-state index is 13.4. The number of fused-ring (bicyclic) bond motifs is 1. The number of amides is 2. The van der Waals surface area contributed by atoms with Crippen molar-refractivity contribution in [1.29, 1.82) is 0 Å². The number of nitrogens with one attached hydrogen (secondary N) is 1. The van der Waals surface area contributed by atoms with Crippen LogP contribution in [0.4, 0.5) is 0 Å². The van der Waals surface area contributed by atoms with Crippen molar-refractivity contribution in [3.05, 3.63) is 35.5 Å². The number of piperidine rings is 1. The molecule has 2 amide bonds. The first kappa shape index (κ1) is 19.8. The average Bonchev–Trinajstić information content (AvgIpc) is 3.42. The molecule has 1 saturated carbocycles. The van der Waals surface area contributed by atoms with E-state index in [0.29, 0.717) is 30.9 Å². The smallest absolute Gasteiger partial charge is 0.232 e. The molecule has 2 fully saturated rings. The van der Waals surface area contributed by atoms with Crippen LogP contribution >= 0.6 is 0 Å². The highest BCUT2D eigenvalue weighted by Gasteiger charge is 2.52. The molecule has 1 N–H and O–H groups in total. The SMILES string of the molecule is COc1cc(CNC(=O)C23CCC=C2N(C2CCCC2)C(=O)CC3)cc(OC)c1. The predicted octanol–water partition coefficient (Wildman–Crippen LogP) is 3.55. The summed E-state index contributed by atoms with van der Waals surface area (Å²) in [7, 11) is 3.23. The van der Waals surface area contributed by atoms with Gasteiger partial charge in [-0.1, -0.05) is 18.9 Å². The molecule has 1 saturated heterocycles. The second-order valence-corrected chi connectivity index (χ2v) is 8.32. The molecule has 6 heteroatoms. The Morgan fingerprint density at radius 3 is 2.48 bits per heavy atom. The van der Waals surface area contributed by atoms with E-state index in [-0.39, 0.29) is 17.9 Å². The second-order valence-electron chi connectivity index (χ2n) is 8.32. The van der Waals surface area contributed by atoms with Crippen LogP contribution < -0.4 is 14.8 Å². The molecule has 1 heterocycles. The number of methoxy groups -OCH3 is 2. The number of nitrogens with zero attached hydrogens (tertiary/aromatic N) is 1. The summed E-state index contributed by atoms with van der Waals surface area (Å²) in [4.78, 5) is 28.1. The highest BCUT2D eigenvalue weighted by molar-refractivity contribution is 5.91. The third-order valence-corrected chi connectivity index (χ3v) is 6.68. The molecule has 0 spiro atoms. The van der Waals surface area contributed by atoms with Crippen LogP contribution in [-0.2, 0) is 16.1 Å². The van der Waals surface area contributed by atoms with Gasteiger partial charge in [-0.15, -0.1) is 0 Å². The summed E-state index contributed by atoms with van der Waals surface area (Å²) in [6, 6.07) is 5.89. The van der Waals surface area contributed by atoms with E-state index in [9.17, 15) is 9.59 Å². The Hall–Kier alpha value is -2.50. The molecule has 6 nitrogen and oxygen atoms in total. The lowest BCUT2D eigenvalue weighted by atomic mass is 9.75. The highest BCUT2D eigenvalue weighted by Crippen LogP contribution is 2.50. The Morgan fingerprint density at radius 1 is 1.14 bits per heavy atom. The van der Waals surface area contributed by atoms with Crippen molar-refractivity contribution in [3.63, 3.8) is 0 Å². The first-order valence-electron chi connectivity index (χ1n) is 10.6. The summed E-state index contributed by atoms with van der Waals surface area (Å²) in [5.74, 6) is 1.61. The quantitative estimate of drug-likeness (QED) is 0.796. The lowest BCUT2D eigenvalue weighted by Gasteiger charge is -2.44. The van der Waals surface area contributed by atoms with Crippen LogP contribution in [0.25, 0.3) is 0 Å². The van der Waals surface area contributed by atoms with E-state index in [1.807, 2.05) is 23.1 Å². The van der Waals surface area contributed by atoms with Gasteiger partial charge in [0.1, 0.15) is 11.5 Å². The van der Waals surface area contributed by atoms with E-state index in [0.717, 1.165) is 36.9 Å². The molecule has 1 aromatic rings. The molecule has 0 bridgehead atoms. The zero-order valence-corrected chi connectivity index (χ0v) is 17.3. The number of hydrogen-bond donors (Lipinski definition) is 1. The topological polar surface area (TPSA) is 67.9 Å². The van der Waals surface area contributed by atoms with Crippen LogP contribution in [0.2, 0.25) is 0 Å². The molecule has 1 aliphatic heterocycles. The van der Waals surface area contributed by atoms with Crippen molar-refractivity contribution in [2.24, 2.45) is 5.41 Å². The minimum atomic E-state index is -0.570. The number of allylic oxidation sites excluding steroid dienone is 1.